The van der Waals surface area contributed by atoms with E-state index >= 15 is 0 Å². The molecule has 1 saturated heterocycles. The number of nitrogens with one attached hydrogen (secondary N) is 2. The number of rotatable bonds is 6. The fraction of sp³-hybridized carbons (Fsp3) is 0.643. The maximum absolute atomic E-state index is 12.4. The lowest BCUT2D eigenvalue weighted by Crippen LogP contribution is -2.38. The summed E-state index contributed by atoms with van der Waals surface area (Å²) < 4.78 is 27.5. The molecule has 0 saturated carbocycles. The zero-order chi connectivity index (χ0) is 15.3. The molecule has 0 unspecified atom stereocenters. The minimum Gasteiger partial charge on any atom is -0.387 e. The molecule has 1 fully saturated rings. The summed E-state index contributed by atoms with van der Waals surface area (Å²) >= 11 is 0. The molecule has 118 valence electrons. The normalized spacial score (nSPS) is 17.8. The van der Waals surface area contributed by atoms with Gasteiger partial charge in [-0.2, -0.15) is 0 Å². The lowest BCUT2D eigenvalue weighted by atomic mass is 9.97. The van der Waals surface area contributed by atoms with Crippen LogP contribution in [0.4, 0.5) is 5.69 Å². The smallest absolute Gasteiger partial charge is 0.244 e. The Bertz CT molecular complexity index is 554. The fourth-order valence-corrected chi connectivity index (χ4v) is 3.88. The zero-order valence-corrected chi connectivity index (χ0v) is 13.5. The Morgan fingerprint density at radius 3 is 2.71 bits per heavy atom. The molecular weight excluding hydrogens is 288 g/mol. The van der Waals surface area contributed by atoms with Crippen molar-refractivity contribution in [2.45, 2.75) is 24.7 Å². The SMILES string of the molecule is CCN1CCC(CNS(=O)(=O)c2cnccc2NC)CC1. The highest BCUT2D eigenvalue weighted by atomic mass is 32.2. The minimum absolute atomic E-state index is 0.207. The predicted octanol–water partition coefficient (Wildman–Crippen LogP) is 1.13. The van der Waals surface area contributed by atoms with Crippen LogP contribution in [-0.4, -0.2) is 51.5 Å². The van der Waals surface area contributed by atoms with E-state index in [4.69, 9.17) is 0 Å². The van der Waals surface area contributed by atoms with Gasteiger partial charge in [0.15, 0.2) is 0 Å². The lowest BCUT2D eigenvalue weighted by molar-refractivity contribution is 0.194. The van der Waals surface area contributed by atoms with E-state index in [2.05, 4.69) is 26.8 Å². The Hall–Kier alpha value is -1.18. The number of anilines is 1. The van der Waals surface area contributed by atoms with Gasteiger partial charge in [-0.3, -0.25) is 4.98 Å². The van der Waals surface area contributed by atoms with Crippen molar-refractivity contribution in [3.8, 4) is 0 Å². The molecule has 1 aromatic rings. The summed E-state index contributed by atoms with van der Waals surface area (Å²) in [7, 11) is -1.81. The lowest BCUT2D eigenvalue weighted by Gasteiger charge is -2.31. The number of pyridine rings is 1. The molecule has 2 rings (SSSR count). The average Bonchev–Trinajstić information content (AvgIpc) is 2.53. The molecule has 21 heavy (non-hydrogen) atoms. The van der Waals surface area contributed by atoms with Gasteiger partial charge in [-0.25, -0.2) is 13.1 Å². The number of sulfonamides is 1. The number of piperidine rings is 1. The van der Waals surface area contributed by atoms with Crippen molar-refractivity contribution in [3.63, 3.8) is 0 Å². The van der Waals surface area contributed by atoms with E-state index in [1.807, 2.05) is 0 Å². The van der Waals surface area contributed by atoms with Crippen LogP contribution in [0.3, 0.4) is 0 Å². The Morgan fingerprint density at radius 2 is 2.10 bits per heavy atom. The molecule has 7 heteroatoms. The van der Waals surface area contributed by atoms with Crippen LogP contribution in [0.15, 0.2) is 23.4 Å². The van der Waals surface area contributed by atoms with E-state index in [1.54, 1.807) is 19.3 Å². The van der Waals surface area contributed by atoms with Crippen LogP contribution < -0.4 is 10.0 Å². The third-order valence-electron chi connectivity index (χ3n) is 4.06. The highest BCUT2D eigenvalue weighted by Gasteiger charge is 2.22. The van der Waals surface area contributed by atoms with Gasteiger partial charge in [-0.05, 0) is 44.5 Å². The summed E-state index contributed by atoms with van der Waals surface area (Å²) in [6, 6.07) is 1.66. The number of hydrogen-bond acceptors (Lipinski definition) is 5. The van der Waals surface area contributed by atoms with E-state index in [9.17, 15) is 8.42 Å². The fourth-order valence-electron chi connectivity index (χ4n) is 2.61. The monoisotopic (exact) mass is 312 g/mol. The van der Waals surface area contributed by atoms with Crippen molar-refractivity contribution >= 4 is 15.7 Å². The van der Waals surface area contributed by atoms with Gasteiger partial charge < -0.3 is 10.2 Å². The minimum atomic E-state index is -3.51. The summed E-state index contributed by atoms with van der Waals surface area (Å²) in [5.74, 6) is 0.414. The van der Waals surface area contributed by atoms with E-state index in [0.717, 1.165) is 32.5 Å². The Morgan fingerprint density at radius 1 is 1.38 bits per heavy atom. The second-order valence-corrected chi connectivity index (χ2v) is 7.09. The molecule has 2 N–H and O–H groups in total. The molecule has 1 aliphatic heterocycles. The molecule has 1 aliphatic rings. The first-order chi connectivity index (χ1) is 10.1. The van der Waals surface area contributed by atoms with Gasteiger partial charge in [0.1, 0.15) is 4.90 Å². The number of aromatic nitrogens is 1. The molecule has 0 spiro atoms. The van der Waals surface area contributed by atoms with Gasteiger partial charge in [-0.1, -0.05) is 6.92 Å². The van der Waals surface area contributed by atoms with Gasteiger partial charge in [-0.15, -0.1) is 0 Å². The van der Waals surface area contributed by atoms with Gasteiger partial charge in [0, 0.05) is 26.0 Å². The third-order valence-corrected chi connectivity index (χ3v) is 5.51. The van der Waals surface area contributed by atoms with E-state index < -0.39 is 10.0 Å². The highest BCUT2D eigenvalue weighted by molar-refractivity contribution is 7.89. The molecule has 6 nitrogen and oxygen atoms in total. The predicted molar refractivity (Wildman–Crippen MR) is 83.8 cm³/mol. The molecule has 0 aromatic carbocycles. The molecule has 0 aliphatic carbocycles. The topological polar surface area (TPSA) is 74.3 Å². The van der Waals surface area contributed by atoms with Crippen LogP contribution in [0.2, 0.25) is 0 Å². The molecular formula is C14H24N4O2S. The summed E-state index contributed by atoms with van der Waals surface area (Å²) in [5, 5.41) is 2.89. The maximum atomic E-state index is 12.4. The Balaban J connectivity index is 1.96. The van der Waals surface area contributed by atoms with Crippen molar-refractivity contribution in [3.05, 3.63) is 18.5 Å². The first-order valence-corrected chi connectivity index (χ1v) is 8.89. The zero-order valence-electron chi connectivity index (χ0n) is 12.7. The second-order valence-electron chi connectivity index (χ2n) is 5.35. The largest absolute Gasteiger partial charge is 0.387 e. The van der Waals surface area contributed by atoms with Crippen LogP contribution in [-0.2, 0) is 10.0 Å². The molecule has 0 bridgehead atoms. The Kier molecular flexibility index (Phi) is 5.55. The first-order valence-electron chi connectivity index (χ1n) is 7.40. The highest BCUT2D eigenvalue weighted by Crippen LogP contribution is 2.20. The van der Waals surface area contributed by atoms with Crippen LogP contribution in [0.25, 0.3) is 0 Å². The maximum Gasteiger partial charge on any atom is 0.244 e. The third kappa shape index (κ3) is 4.15. The van der Waals surface area contributed by atoms with Gasteiger partial charge >= 0.3 is 0 Å². The summed E-state index contributed by atoms with van der Waals surface area (Å²) in [6.07, 6.45) is 5.05. The number of likely N-dealkylation sites (tertiary alicyclic amines) is 1. The van der Waals surface area contributed by atoms with E-state index in [-0.39, 0.29) is 4.90 Å². The summed E-state index contributed by atoms with van der Waals surface area (Å²) in [6.45, 7) is 5.83. The quantitative estimate of drug-likeness (QED) is 0.824. The first kappa shape index (κ1) is 16.2. The van der Waals surface area contributed by atoms with Crippen LogP contribution in [0, 0.1) is 5.92 Å². The van der Waals surface area contributed by atoms with Crippen molar-refractivity contribution in [1.29, 1.82) is 0 Å². The molecule has 0 atom stereocenters. The van der Waals surface area contributed by atoms with Crippen molar-refractivity contribution in [1.82, 2.24) is 14.6 Å². The van der Waals surface area contributed by atoms with E-state index in [1.165, 1.54) is 6.20 Å². The number of nitrogens with zero attached hydrogens (tertiary/aromatic N) is 2. The van der Waals surface area contributed by atoms with Crippen LogP contribution in [0.5, 0.6) is 0 Å². The van der Waals surface area contributed by atoms with Crippen molar-refractivity contribution in [2.24, 2.45) is 5.92 Å². The van der Waals surface area contributed by atoms with Gasteiger partial charge in [0.05, 0.1) is 5.69 Å². The molecule has 1 aromatic heterocycles. The van der Waals surface area contributed by atoms with E-state index in [0.29, 0.717) is 18.2 Å². The van der Waals surface area contributed by atoms with Crippen molar-refractivity contribution in [2.75, 3.05) is 38.5 Å². The Labute approximate surface area is 127 Å². The van der Waals surface area contributed by atoms with Gasteiger partial charge in [0.25, 0.3) is 0 Å². The summed E-state index contributed by atoms with van der Waals surface area (Å²) in [4.78, 5) is 6.51. The average molecular weight is 312 g/mol. The molecule has 0 radical (unpaired) electrons. The molecule has 0 amide bonds. The van der Waals surface area contributed by atoms with Crippen LogP contribution >= 0.6 is 0 Å². The standard InChI is InChI=1S/C14H24N4O2S/c1-3-18-8-5-12(6-9-18)10-17-21(19,20)14-11-16-7-4-13(14)15-2/h4,7,11-12,17H,3,5-6,8-10H2,1-2H3,(H,15,16). The van der Waals surface area contributed by atoms with Crippen LogP contribution in [0.1, 0.15) is 19.8 Å². The second kappa shape index (κ2) is 7.20. The van der Waals surface area contributed by atoms with Crippen molar-refractivity contribution < 1.29 is 8.42 Å². The molecule has 2 heterocycles. The number of hydrogen-bond donors (Lipinski definition) is 2. The van der Waals surface area contributed by atoms with Gasteiger partial charge in [0.2, 0.25) is 10.0 Å². The summed E-state index contributed by atoms with van der Waals surface area (Å²) in [5.41, 5.74) is 0.568.